The number of halogens is 2. The normalized spacial score (nSPS) is 18.1. The van der Waals surface area contributed by atoms with Gasteiger partial charge in [0.05, 0.1) is 0 Å². The van der Waals surface area contributed by atoms with E-state index in [1.54, 1.807) is 12.1 Å². The highest BCUT2D eigenvalue weighted by Gasteiger charge is 2.19. The maximum Gasteiger partial charge on any atom is 0.163 e. The van der Waals surface area contributed by atoms with Gasteiger partial charge in [-0.05, 0) is 19.0 Å². The van der Waals surface area contributed by atoms with E-state index in [2.05, 4.69) is 10.2 Å². The number of rotatable bonds is 6. The fraction of sp³-hybridized carbons (Fsp3) is 0.600. The minimum atomic E-state index is -0.764. The SMILES string of the molecule is CCNC(CCN1CCSCC1)c1cccc(F)c1F. The quantitative estimate of drug-likeness (QED) is 0.869. The first-order chi connectivity index (χ1) is 9.72. The Bertz CT molecular complexity index is 422. The standard InChI is InChI=1S/C15H22F2N2S/c1-2-18-14(6-7-19-8-10-20-11-9-19)12-4-3-5-13(16)15(12)17/h3-5,14,18H,2,6-11H2,1H3. The van der Waals surface area contributed by atoms with Crippen molar-refractivity contribution in [3.63, 3.8) is 0 Å². The Kier molecular flexibility index (Phi) is 6.26. The van der Waals surface area contributed by atoms with Crippen molar-refractivity contribution in [2.24, 2.45) is 0 Å². The molecule has 0 aromatic heterocycles. The van der Waals surface area contributed by atoms with Crippen LogP contribution in [0.3, 0.4) is 0 Å². The minimum Gasteiger partial charge on any atom is -0.310 e. The first kappa shape index (κ1) is 15.7. The topological polar surface area (TPSA) is 15.3 Å². The molecule has 5 heteroatoms. The van der Waals surface area contributed by atoms with Crippen molar-refractivity contribution < 1.29 is 8.78 Å². The van der Waals surface area contributed by atoms with Gasteiger partial charge in [-0.25, -0.2) is 8.78 Å². The Hall–Kier alpha value is -0.650. The van der Waals surface area contributed by atoms with Gasteiger partial charge in [-0.1, -0.05) is 19.1 Å². The smallest absolute Gasteiger partial charge is 0.163 e. The van der Waals surface area contributed by atoms with Gasteiger partial charge in [-0.3, -0.25) is 0 Å². The van der Waals surface area contributed by atoms with Crippen molar-refractivity contribution in [3.8, 4) is 0 Å². The van der Waals surface area contributed by atoms with Crippen LogP contribution in [0.25, 0.3) is 0 Å². The monoisotopic (exact) mass is 300 g/mol. The van der Waals surface area contributed by atoms with E-state index in [9.17, 15) is 8.78 Å². The summed E-state index contributed by atoms with van der Waals surface area (Å²) in [6, 6.07) is 4.31. The Morgan fingerprint density at radius 2 is 2.05 bits per heavy atom. The summed E-state index contributed by atoms with van der Waals surface area (Å²) < 4.78 is 27.3. The molecule has 1 N–H and O–H groups in total. The zero-order valence-corrected chi connectivity index (χ0v) is 12.7. The fourth-order valence-corrected chi connectivity index (χ4v) is 3.52. The number of nitrogens with zero attached hydrogens (tertiary/aromatic N) is 1. The predicted octanol–water partition coefficient (Wildman–Crippen LogP) is 3.05. The average Bonchev–Trinajstić information content (AvgIpc) is 2.48. The summed E-state index contributed by atoms with van der Waals surface area (Å²) in [6.45, 7) is 5.84. The maximum absolute atomic E-state index is 13.9. The van der Waals surface area contributed by atoms with E-state index in [-0.39, 0.29) is 6.04 Å². The molecular formula is C15H22F2N2S. The summed E-state index contributed by atoms with van der Waals surface area (Å²) in [6.07, 6.45) is 0.804. The lowest BCUT2D eigenvalue weighted by Crippen LogP contribution is -2.35. The third-order valence-electron chi connectivity index (χ3n) is 3.65. The summed E-state index contributed by atoms with van der Waals surface area (Å²) >= 11 is 1.98. The molecule has 0 amide bonds. The third kappa shape index (κ3) is 4.17. The summed E-state index contributed by atoms with van der Waals surface area (Å²) in [5, 5.41) is 3.27. The van der Waals surface area contributed by atoms with Crippen LogP contribution in [0, 0.1) is 11.6 Å². The van der Waals surface area contributed by atoms with Crippen LogP contribution < -0.4 is 5.32 Å². The van der Waals surface area contributed by atoms with E-state index in [1.807, 2.05) is 18.7 Å². The van der Waals surface area contributed by atoms with Crippen LogP contribution in [0.2, 0.25) is 0 Å². The zero-order valence-electron chi connectivity index (χ0n) is 11.9. The minimum absolute atomic E-state index is 0.120. The molecule has 1 fully saturated rings. The van der Waals surface area contributed by atoms with Gasteiger partial charge in [0.15, 0.2) is 11.6 Å². The van der Waals surface area contributed by atoms with Crippen LogP contribution in [0.4, 0.5) is 8.78 Å². The lowest BCUT2D eigenvalue weighted by molar-refractivity contribution is 0.279. The second-order valence-electron chi connectivity index (χ2n) is 5.00. The highest BCUT2D eigenvalue weighted by molar-refractivity contribution is 7.99. The molecule has 2 rings (SSSR count). The van der Waals surface area contributed by atoms with E-state index in [0.717, 1.165) is 32.6 Å². The van der Waals surface area contributed by atoms with Crippen LogP contribution >= 0.6 is 11.8 Å². The molecule has 1 heterocycles. The highest BCUT2D eigenvalue weighted by atomic mass is 32.2. The molecule has 112 valence electrons. The number of hydrogen-bond acceptors (Lipinski definition) is 3. The maximum atomic E-state index is 13.9. The number of benzene rings is 1. The van der Waals surface area contributed by atoms with Crippen molar-refractivity contribution in [1.29, 1.82) is 0 Å². The molecule has 1 atom stereocenters. The van der Waals surface area contributed by atoms with Crippen molar-refractivity contribution >= 4 is 11.8 Å². The Morgan fingerprint density at radius 1 is 1.30 bits per heavy atom. The Morgan fingerprint density at radius 3 is 2.75 bits per heavy atom. The molecule has 1 aliphatic heterocycles. The lowest BCUT2D eigenvalue weighted by Gasteiger charge is -2.28. The van der Waals surface area contributed by atoms with E-state index >= 15 is 0 Å². The van der Waals surface area contributed by atoms with Crippen LogP contribution in [-0.2, 0) is 0 Å². The van der Waals surface area contributed by atoms with Crippen molar-refractivity contribution in [2.75, 3.05) is 37.7 Å². The van der Waals surface area contributed by atoms with Gasteiger partial charge in [-0.2, -0.15) is 11.8 Å². The van der Waals surface area contributed by atoms with Crippen LogP contribution in [0.5, 0.6) is 0 Å². The Balaban J connectivity index is 2.00. The second kappa shape index (κ2) is 7.96. The molecular weight excluding hydrogens is 278 g/mol. The summed E-state index contributed by atoms with van der Waals surface area (Å²) in [4.78, 5) is 2.40. The molecule has 0 spiro atoms. The second-order valence-corrected chi connectivity index (χ2v) is 6.22. The van der Waals surface area contributed by atoms with E-state index in [1.165, 1.54) is 17.6 Å². The molecule has 20 heavy (non-hydrogen) atoms. The van der Waals surface area contributed by atoms with Gasteiger partial charge in [0.1, 0.15) is 0 Å². The van der Waals surface area contributed by atoms with Crippen molar-refractivity contribution in [1.82, 2.24) is 10.2 Å². The van der Waals surface area contributed by atoms with Crippen molar-refractivity contribution in [2.45, 2.75) is 19.4 Å². The van der Waals surface area contributed by atoms with E-state index < -0.39 is 11.6 Å². The molecule has 1 aliphatic rings. The van der Waals surface area contributed by atoms with Gasteiger partial charge in [0.25, 0.3) is 0 Å². The molecule has 1 saturated heterocycles. The fourth-order valence-electron chi connectivity index (χ4n) is 2.54. The Labute approximate surface area is 123 Å². The average molecular weight is 300 g/mol. The zero-order chi connectivity index (χ0) is 14.4. The predicted molar refractivity (Wildman–Crippen MR) is 81.2 cm³/mol. The number of thioether (sulfide) groups is 1. The van der Waals surface area contributed by atoms with Crippen LogP contribution in [-0.4, -0.2) is 42.6 Å². The van der Waals surface area contributed by atoms with Gasteiger partial charge >= 0.3 is 0 Å². The van der Waals surface area contributed by atoms with Crippen LogP contribution in [0.1, 0.15) is 24.9 Å². The molecule has 1 aromatic carbocycles. The van der Waals surface area contributed by atoms with Gasteiger partial charge in [0, 0.05) is 42.7 Å². The molecule has 0 radical (unpaired) electrons. The van der Waals surface area contributed by atoms with E-state index in [4.69, 9.17) is 0 Å². The molecule has 2 nitrogen and oxygen atoms in total. The first-order valence-corrected chi connectivity index (χ1v) is 8.35. The largest absolute Gasteiger partial charge is 0.310 e. The van der Waals surface area contributed by atoms with Gasteiger partial charge in [-0.15, -0.1) is 0 Å². The third-order valence-corrected chi connectivity index (χ3v) is 4.59. The number of hydrogen-bond donors (Lipinski definition) is 1. The molecule has 0 saturated carbocycles. The van der Waals surface area contributed by atoms with Gasteiger partial charge < -0.3 is 10.2 Å². The lowest BCUT2D eigenvalue weighted by atomic mass is 10.0. The highest BCUT2D eigenvalue weighted by Crippen LogP contribution is 2.23. The van der Waals surface area contributed by atoms with Gasteiger partial charge in [0.2, 0.25) is 0 Å². The summed E-state index contributed by atoms with van der Waals surface area (Å²) in [7, 11) is 0. The van der Waals surface area contributed by atoms with Crippen molar-refractivity contribution in [3.05, 3.63) is 35.4 Å². The number of nitrogens with one attached hydrogen (secondary N) is 1. The van der Waals surface area contributed by atoms with Crippen LogP contribution in [0.15, 0.2) is 18.2 Å². The first-order valence-electron chi connectivity index (χ1n) is 7.19. The summed E-state index contributed by atoms with van der Waals surface area (Å²) in [5.41, 5.74) is 0.443. The molecule has 0 bridgehead atoms. The van der Waals surface area contributed by atoms with E-state index in [0.29, 0.717) is 5.56 Å². The molecule has 0 aliphatic carbocycles. The summed E-state index contributed by atoms with van der Waals surface area (Å²) in [5.74, 6) is 0.854. The molecule has 1 unspecified atom stereocenters. The molecule has 1 aromatic rings.